The Hall–Kier alpha value is -1.69. The number of carbonyl (C=O) groups excluding carboxylic acids is 1. The maximum Gasteiger partial charge on any atom is 0.252 e. The van der Waals surface area contributed by atoms with Crippen LogP contribution in [0, 0.1) is 0 Å². The summed E-state index contributed by atoms with van der Waals surface area (Å²) in [6, 6.07) is 15.2. The second-order valence-electron chi connectivity index (χ2n) is 4.89. The maximum atomic E-state index is 12.2. The fourth-order valence-electron chi connectivity index (χ4n) is 2.30. The van der Waals surface area contributed by atoms with Crippen molar-refractivity contribution < 1.29 is 9.90 Å². The molecule has 0 aliphatic rings. The highest BCUT2D eigenvalue weighted by Gasteiger charge is 2.15. The van der Waals surface area contributed by atoms with E-state index in [4.69, 9.17) is 0 Å². The highest BCUT2D eigenvalue weighted by molar-refractivity contribution is 9.10. The molecule has 0 aliphatic carbocycles. The SMILES string of the molecule is O=C(NC[C@H](O)c1csc2ccccc12)c1ccccc1Br. The van der Waals surface area contributed by atoms with Gasteiger partial charge in [-0.1, -0.05) is 30.3 Å². The zero-order valence-electron chi connectivity index (χ0n) is 11.6. The van der Waals surface area contributed by atoms with Gasteiger partial charge in [0, 0.05) is 21.3 Å². The van der Waals surface area contributed by atoms with Crippen LogP contribution < -0.4 is 5.32 Å². The van der Waals surface area contributed by atoms with Crippen LogP contribution >= 0.6 is 27.3 Å². The van der Waals surface area contributed by atoms with Crippen LogP contribution in [0.25, 0.3) is 10.1 Å². The molecule has 3 nitrogen and oxygen atoms in total. The third-order valence-corrected chi connectivity index (χ3v) is 5.12. The van der Waals surface area contributed by atoms with Gasteiger partial charge in [0.2, 0.25) is 0 Å². The highest BCUT2D eigenvalue weighted by Crippen LogP contribution is 2.29. The first kappa shape index (κ1) is 15.2. The van der Waals surface area contributed by atoms with E-state index < -0.39 is 6.10 Å². The molecule has 3 rings (SSSR count). The molecule has 1 amide bonds. The zero-order chi connectivity index (χ0) is 15.5. The Morgan fingerprint density at radius 1 is 1.18 bits per heavy atom. The topological polar surface area (TPSA) is 49.3 Å². The van der Waals surface area contributed by atoms with E-state index in [2.05, 4.69) is 21.2 Å². The summed E-state index contributed by atoms with van der Waals surface area (Å²) < 4.78 is 1.87. The molecule has 0 spiro atoms. The fraction of sp³-hybridized carbons (Fsp3) is 0.118. The Balaban J connectivity index is 1.71. The van der Waals surface area contributed by atoms with Gasteiger partial charge in [0.15, 0.2) is 0 Å². The molecular weight excluding hydrogens is 362 g/mol. The Morgan fingerprint density at radius 3 is 2.73 bits per heavy atom. The van der Waals surface area contributed by atoms with E-state index >= 15 is 0 Å². The first-order valence-electron chi connectivity index (χ1n) is 6.83. The van der Waals surface area contributed by atoms with Crippen molar-refractivity contribution in [3.8, 4) is 0 Å². The van der Waals surface area contributed by atoms with Gasteiger partial charge in [-0.15, -0.1) is 11.3 Å². The van der Waals surface area contributed by atoms with Crippen LogP contribution in [-0.4, -0.2) is 17.6 Å². The summed E-state index contributed by atoms with van der Waals surface area (Å²) >= 11 is 4.95. The Bertz CT molecular complexity index is 815. The van der Waals surface area contributed by atoms with Crippen LogP contribution in [0.3, 0.4) is 0 Å². The third-order valence-electron chi connectivity index (χ3n) is 3.44. The number of aliphatic hydroxyl groups is 1. The minimum atomic E-state index is -0.720. The summed E-state index contributed by atoms with van der Waals surface area (Å²) in [5, 5.41) is 16.1. The number of hydrogen-bond donors (Lipinski definition) is 2. The fourth-order valence-corrected chi connectivity index (χ4v) is 3.77. The number of fused-ring (bicyclic) bond motifs is 1. The number of halogens is 1. The van der Waals surface area contributed by atoms with Crippen LogP contribution in [0.1, 0.15) is 22.0 Å². The smallest absolute Gasteiger partial charge is 0.252 e. The van der Waals surface area contributed by atoms with E-state index in [9.17, 15) is 9.90 Å². The molecule has 0 unspecified atom stereocenters. The first-order valence-corrected chi connectivity index (χ1v) is 8.51. The highest BCUT2D eigenvalue weighted by atomic mass is 79.9. The lowest BCUT2D eigenvalue weighted by molar-refractivity contribution is 0.0916. The van der Waals surface area contributed by atoms with E-state index in [0.29, 0.717) is 5.56 Å². The molecule has 0 saturated heterocycles. The normalized spacial score (nSPS) is 12.3. The van der Waals surface area contributed by atoms with Crippen molar-refractivity contribution in [2.75, 3.05) is 6.54 Å². The lowest BCUT2D eigenvalue weighted by atomic mass is 10.1. The van der Waals surface area contributed by atoms with Gasteiger partial charge in [-0.2, -0.15) is 0 Å². The minimum absolute atomic E-state index is 0.181. The molecule has 22 heavy (non-hydrogen) atoms. The molecule has 112 valence electrons. The number of nitrogens with one attached hydrogen (secondary N) is 1. The number of carbonyl (C=O) groups is 1. The van der Waals surface area contributed by atoms with Crippen molar-refractivity contribution in [1.82, 2.24) is 5.32 Å². The Labute approximate surface area is 140 Å². The molecule has 2 N–H and O–H groups in total. The predicted octanol–water partition coefficient (Wildman–Crippen LogP) is 4.13. The molecule has 0 radical (unpaired) electrons. The number of amides is 1. The summed E-state index contributed by atoms with van der Waals surface area (Å²) in [7, 11) is 0. The van der Waals surface area contributed by atoms with Crippen molar-refractivity contribution in [3.05, 3.63) is 69.5 Å². The molecule has 0 aliphatic heterocycles. The van der Waals surface area contributed by atoms with Gasteiger partial charge in [-0.05, 0) is 44.9 Å². The van der Waals surface area contributed by atoms with E-state index in [1.165, 1.54) is 0 Å². The third kappa shape index (κ3) is 3.06. The van der Waals surface area contributed by atoms with Crippen LogP contribution in [0.15, 0.2) is 58.4 Å². The first-order chi connectivity index (χ1) is 10.7. The van der Waals surface area contributed by atoms with Gasteiger partial charge >= 0.3 is 0 Å². The van der Waals surface area contributed by atoms with Crippen molar-refractivity contribution in [1.29, 1.82) is 0 Å². The number of rotatable bonds is 4. The van der Waals surface area contributed by atoms with Crippen molar-refractivity contribution >= 4 is 43.3 Å². The van der Waals surface area contributed by atoms with Crippen molar-refractivity contribution in [2.24, 2.45) is 0 Å². The van der Waals surface area contributed by atoms with Crippen molar-refractivity contribution in [2.45, 2.75) is 6.10 Å². The van der Waals surface area contributed by atoms with Crippen molar-refractivity contribution in [3.63, 3.8) is 0 Å². The molecule has 5 heteroatoms. The summed E-state index contributed by atoms with van der Waals surface area (Å²) in [4.78, 5) is 12.2. The van der Waals surface area contributed by atoms with Gasteiger partial charge in [0.05, 0.1) is 11.7 Å². The quantitative estimate of drug-likeness (QED) is 0.720. The zero-order valence-corrected chi connectivity index (χ0v) is 14.0. The maximum absolute atomic E-state index is 12.2. The van der Waals surface area contributed by atoms with Gasteiger partial charge in [-0.3, -0.25) is 4.79 Å². The molecule has 0 fully saturated rings. The monoisotopic (exact) mass is 375 g/mol. The van der Waals surface area contributed by atoms with E-state index in [0.717, 1.165) is 20.1 Å². The number of hydrogen-bond acceptors (Lipinski definition) is 3. The van der Waals surface area contributed by atoms with Crippen LogP contribution in [-0.2, 0) is 0 Å². The molecular formula is C17H14BrNO2S. The average molecular weight is 376 g/mol. The predicted molar refractivity (Wildman–Crippen MR) is 93.3 cm³/mol. The average Bonchev–Trinajstić information content (AvgIpc) is 2.97. The Morgan fingerprint density at radius 2 is 1.91 bits per heavy atom. The second-order valence-corrected chi connectivity index (χ2v) is 6.66. The molecule has 1 heterocycles. The van der Waals surface area contributed by atoms with Gasteiger partial charge in [0.1, 0.15) is 0 Å². The van der Waals surface area contributed by atoms with E-state index in [1.807, 2.05) is 47.8 Å². The van der Waals surface area contributed by atoms with E-state index in [1.54, 1.807) is 17.4 Å². The van der Waals surface area contributed by atoms with Gasteiger partial charge in [-0.25, -0.2) is 0 Å². The Kier molecular flexibility index (Phi) is 4.57. The van der Waals surface area contributed by atoms with Crippen LogP contribution in [0.4, 0.5) is 0 Å². The molecule has 1 atom stereocenters. The molecule has 0 bridgehead atoms. The molecule has 1 aromatic heterocycles. The lowest BCUT2D eigenvalue weighted by Crippen LogP contribution is -2.28. The summed E-state index contributed by atoms with van der Waals surface area (Å²) in [6.45, 7) is 0.181. The van der Waals surface area contributed by atoms with Gasteiger partial charge < -0.3 is 10.4 Å². The largest absolute Gasteiger partial charge is 0.387 e. The number of thiophene rings is 1. The lowest BCUT2D eigenvalue weighted by Gasteiger charge is -2.12. The molecule has 2 aromatic carbocycles. The summed E-state index contributed by atoms with van der Waals surface area (Å²) in [5.74, 6) is -0.203. The minimum Gasteiger partial charge on any atom is -0.387 e. The molecule has 3 aromatic rings. The van der Waals surface area contributed by atoms with Gasteiger partial charge in [0.25, 0.3) is 5.91 Å². The summed E-state index contributed by atoms with van der Waals surface area (Å²) in [6.07, 6.45) is -0.720. The van der Waals surface area contributed by atoms with Crippen LogP contribution in [0.5, 0.6) is 0 Å². The molecule has 0 saturated carbocycles. The summed E-state index contributed by atoms with van der Waals surface area (Å²) in [5.41, 5.74) is 1.41. The second kappa shape index (κ2) is 6.60. The van der Waals surface area contributed by atoms with Crippen LogP contribution in [0.2, 0.25) is 0 Å². The standard InChI is InChI=1S/C17H14BrNO2S/c18-14-7-3-1-6-12(14)17(21)19-9-15(20)13-10-22-16-8-4-2-5-11(13)16/h1-8,10,15,20H,9H2,(H,19,21)/t15-/m0/s1. The number of aliphatic hydroxyl groups excluding tert-OH is 1. The number of benzene rings is 2. The van der Waals surface area contributed by atoms with E-state index in [-0.39, 0.29) is 12.5 Å².